The molecule has 1 aliphatic rings. The smallest absolute Gasteiger partial charge is 0.335 e. The van der Waals surface area contributed by atoms with E-state index >= 15 is 0 Å². The molecule has 102 valence electrons. The summed E-state index contributed by atoms with van der Waals surface area (Å²) in [5, 5.41) is 14.3. The van der Waals surface area contributed by atoms with E-state index in [1.165, 1.54) is 18.2 Å². The highest BCUT2D eigenvalue weighted by Gasteiger charge is 2.18. The normalized spacial score (nSPS) is 18.1. The highest BCUT2D eigenvalue weighted by atomic mass is 79.9. The molecule has 1 saturated heterocycles. The van der Waals surface area contributed by atoms with E-state index in [2.05, 4.69) is 26.6 Å². The highest BCUT2D eigenvalue weighted by molar-refractivity contribution is 9.10. The summed E-state index contributed by atoms with van der Waals surface area (Å²) >= 11 is 3.23. The predicted molar refractivity (Wildman–Crippen MR) is 72.5 cm³/mol. The Morgan fingerprint density at radius 3 is 2.79 bits per heavy atom. The van der Waals surface area contributed by atoms with Gasteiger partial charge in [0.1, 0.15) is 0 Å². The second kappa shape index (κ2) is 6.03. The molecule has 2 rings (SSSR count). The molecule has 0 aromatic heterocycles. The highest BCUT2D eigenvalue weighted by Crippen LogP contribution is 2.23. The van der Waals surface area contributed by atoms with Gasteiger partial charge in [0.2, 0.25) is 0 Å². The molecule has 6 nitrogen and oxygen atoms in total. The zero-order chi connectivity index (χ0) is 13.8. The fourth-order valence-electron chi connectivity index (χ4n) is 1.74. The maximum absolute atomic E-state index is 11.7. The Morgan fingerprint density at radius 1 is 1.42 bits per heavy atom. The number of nitrogens with one attached hydrogen (secondary N) is 2. The van der Waals surface area contributed by atoms with Crippen LogP contribution in [0.5, 0.6) is 0 Å². The molecule has 2 amide bonds. The lowest BCUT2D eigenvalue weighted by Gasteiger charge is -2.13. The van der Waals surface area contributed by atoms with Gasteiger partial charge in [-0.2, -0.15) is 0 Å². The van der Waals surface area contributed by atoms with Crippen LogP contribution in [0.1, 0.15) is 16.8 Å². The molecule has 1 aromatic rings. The lowest BCUT2D eigenvalue weighted by Crippen LogP contribution is -2.38. The molecule has 1 atom stereocenters. The number of benzene rings is 1. The maximum atomic E-state index is 11.7. The van der Waals surface area contributed by atoms with Crippen LogP contribution in [0.2, 0.25) is 0 Å². The summed E-state index contributed by atoms with van der Waals surface area (Å²) in [7, 11) is 0. The van der Waals surface area contributed by atoms with Gasteiger partial charge in [-0.1, -0.05) is 0 Å². The second-order valence-corrected chi connectivity index (χ2v) is 5.01. The number of hydrogen-bond donors (Lipinski definition) is 3. The van der Waals surface area contributed by atoms with Crippen molar-refractivity contribution in [3.05, 3.63) is 28.2 Å². The van der Waals surface area contributed by atoms with Gasteiger partial charge >= 0.3 is 12.0 Å². The van der Waals surface area contributed by atoms with Gasteiger partial charge in [-0.15, -0.1) is 0 Å². The van der Waals surface area contributed by atoms with Crippen LogP contribution in [0.4, 0.5) is 10.5 Å². The summed E-state index contributed by atoms with van der Waals surface area (Å²) < 4.78 is 5.68. The average molecular weight is 329 g/mol. The SMILES string of the molecule is O=C(Nc1ccc(C(=O)O)cc1Br)NC1CCOC1. The number of carbonyl (C=O) groups excluding carboxylic acids is 1. The molecular formula is C12H13BrN2O4. The molecule has 0 saturated carbocycles. The minimum Gasteiger partial charge on any atom is -0.478 e. The standard InChI is InChI=1S/C12H13BrN2O4/c13-9-5-7(11(16)17)1-2-10(9)15-12(18)14-8-3-4-19-6-8/h1-2,5,8H,3-4,6H2,(H,16,17)(H2,14,15,18). The summed E-state index contributed by atoms with van der Waals surface area (Å²) in [5.41, 5.74) is 0.670. The Labute approximate surface area is 118 Å². The molecule has 3 N–H and O–H groups in total. The number of amides is 2. The van der Waals surface area contributed by atoms with E-state index in [4.69, 9.17) is 9.84 Å². The van der Waals surface area contributed by atoms with Gasteiger partial charge in [-0.3, -0.25) is 0 Å². The number of urea groups is 1. The molecule has 1 aromatic carbocycles. The van der Waals surface area contributed by atoms with E-state index in [-0.39, 0.29) is 17.6 Å². The van der Waals surface area contributed by atoms with Crippen LogP contribution < -0.4 is 10.6 Å². The van der Waals surface area contributed by atoms with Crippen molar-refractivity contribution in [2.45, 2.75) is 12.5 Å². The Morgan fingerprint density at radius 2 is 2.21 bits per heavy atom. The molecule has 1 fully saturated rings. The van der Waals surface area contributed by atoms with Crippen LogP contribution in [0.3, 0.4) is 0 Å². The van der Waals surface area contributed by atoms with Gasteiger partial charge in [-0.25, -0.2) is 9.59 Å². The zero-order valence-electron chi connectivity index (χ0n) is 9.98. The van der Waals surface area contributed by atoms with Gasteiger partial charge < -0.3 is 20.5 Å². The fraction of sp³-hybridized carbons (Fsp3) is 0.333. The lowest BCUT2D eigenvalue weighted by atomic mass is 10.2. The summed E-state index contributed by atoms with van der Waals surface area (Å²) in [6, 6.07) is 4.10. The summed E-state index contributed by atoms with van der Waals surface area (Å²) in [6.07, 6.45) is 0.798. The number of anilines is 1. The number of hydrogen-bond acceptors (Lipinski definition) is 3. The molecule has 19 heavy (non-hydrogen) atoms. The van der Waals surface area contributed by atoms with Crippen molar-refractivity contribution in [2.24, 2.45) is 0 Å². The summed E-state index contributed by atoms with van der Waals surface area (Å²) in [4.78, 5) is 22.5. The van der Waals surface area contributed by atoms with E-state index in [9.17, 15) is 9.59 Å². The Kier molecular flexibility index (Phi) is 4.39. The van der Waals surface area contributed by atoms with Crippen molar-refractivity contribution >= 4 is 33.6 Å². The third-order valence-electron chi connectivity index (χ3n) is 2.73. The van der Waals surface area contributed by atoms with Crippen LogP contribution in [0.15, 0.2) is 22.7 Å². The van der Waals surface area contributed by atoms with Gasteiger partial charge in [0.15, 0.2) is 0 Å². The van der Waals surface area contributed by atoms with Gasteiger partial charge in [-0.05, 0) is 40.5 Å². The van der Waals surface area contributed by atoms with Gasteiger partial charge in [0.25, 0.3) is 0 Å². The number of carboxylic acids is 1. The number of ether oxygens (including phenoxy) is 1. The minimum atomic E-state index is -1.01. The van der Waals surface area contributed by atoms with Crippen molar-refractivity contribution in [3.8, 4) is 0 Å². The zero-order valence-corrected chi connectivity index (χ0v) is 11.6. The molecular weight excluding hydrogens is 316 g/mol. The number of rotatable bonds is 3. The molecule has 0 aliphatic carbocycles. The van der Waals surface area contributed by atoms with Gasteiger partial charge in [0, 0.05) is 11.1 Å². The van der Waals surface area contributed by atoms with E-state index in [1.54, 1.807) is 0 Å². The van der Waals surface area contributed by atoms with Crippen molar-refractivity contribution in [1.82, 2.24) is 5.32 Å². The monoisotopic (exact) mass is 328 g/mol. The first-order valence-corrected chi connectivity index (χ1v) is 6.53. The Bertz CT molecular complexity index is 501. The third kappa shape index (κ3) is 3.68. The minimum absolute atomic E-state index is 0.0251. The molecule has 7 heteroatoms. The van der Waals surface area contributed by atoms with Crippen LogP contribution in [0, 0.1) is 0 Å². The van der Waals surface area contributed by atoms with Crippen molar-refractivity contribution < 1.29 is 19.4 Å². The van der Waals surface area contributed by atoms with Crippen LogP contribution in [-0.2, 0) is 4.74 Å². The molecule has 1 heterocycles. The van der Waals surface area contributed by atoms with Crippen LogP contribution >= 0.6 is 15.9 Å². The third-order valence-corrected chi connectivity index (χ3v) is 3.39. The largest absolute Gasteiger partial charge is 0.478 e. The van der Waals surface area contributed by atoms with Crippen LogP contribution in [0.25, 0.3) is 0 Å². The summed E-state index contributed by atoms with van der Waals surface area (Å²) in [6.45, 7) is 1.18. The second-order valence-electron chi connectivity index (χ2n) is 4.16. The van der Waals surface area contributed by atoms with Gasteiger partial charge in [0.05, 0.1) is 23.9 Å². The van der Waals surface area contributed by atoms with Crippen molar-refractivity contribution in [2.75, 3.05) is 18.5 Å². The molecule has 1 aliphatic heterocycles. The van der Waals surface area contributed by atoms with Crippen LogP contribution in [-0.4, -0.2) is 36.4 Å². The molecule has 0 spiro atoms. The van der Waals surface area contributed by atoms with E-state index in [0.29, 0.717) is 23.4 Å². The summed E-state index contributed by atoms with van der Waals surface area (Å²) in [5.74, 6) is -1.01. The lowest BCUT2D eigenvalue weighted by molar-refractivity contribution is 0.0697. The van der Waals surface area contributed by atoms with Crippen molar-refractivity contribution in [3.63, 3.8) is 0 Å². The fourth-order valence-corrected chi connectivity index (χ4v) is 2.22. The first-order chi connectivity index (χ1) is 9.06. The van der Waals surface area contributed by atoms with Crippen molar-refractivity contribution in [1.29, 1.82) is 0 Å². The number of carbonyl (C=O) groups is 2. The quantitative estimate of drug-likeness (QED) is 0.792. The predicted octanol–water partition coefficient (Wildman–Crippen LogP) is 2.06. The Hall–Kier alpha value is -1.60. The first-order valence-electron chi connectivity index (χ1n) is 5.74. The maximum Gasteiger partial charge on any atom is 0.335 e. The average Bonchev–Trinajstić information content (AvgIpc) is 2.84. The van der Waals surface area contributed by atoms with E-state index < -0.39 is 5.97 Å². The number of halogens is 1. The van der Waals surface area contributed by atoms with E-state index in [1.807, 2.05) is 0 Å². The molecule has 1 unspecified atom stereocenters. The van der Waals surface area contributed by atoms with E-state index in [0.717, 1.165) is 6.42 Å². The number of carboxylic acid groups (broad SMARTS) is 1. The topological polar surface area (TPSA) is 87.7 Å². The molecule has 0 radical (unpaired) electrons. The number of aromatic carboxylic acids is 1. The Balaban J connectivity index is 1.98. The first kappa shape index (κ1) is 13.8. The molecule has 0 bridgehead atoms.